The molecule has 1 saturated carbocycles. The molecule has 0 aliphatic heterocycles. The molecular formula is C12H13. The molecular weight excluding hydrogens is 144 g/mol. The molecule has 0 aromatic heterocycles. The van der Waals surface area contributed by atoms with Crippen LogP contribution in [0, 0.1) is 13.0 Å². The number of rotatable bonds is 2. The molecule has 0 N–H and O–H groups in total. The second kappa shape index (κ2) is 2.78. The van der Waals surface area contributed by atoms with Crippen LogP contribution in [-0.4, -0.2) is 0 Å². The first kappa shape index (κ1) is 7.60. The van der Waals surface area contributed by atoms with Crippen molar-refractivity contribution in [1.29, 1.82) is 0 Å². The van der Waals surface area contributed by atoms with Gasteiger partial charge >= 0.3 is 0 Å². The molecule has 0 bridgehead atoms. The van der Waals surface area contributed by atoms with Gasteiger partial charge in [0.2, 0.25) is 0 Å². The predicted molar refractivity (Wildman–Crippen MR) is 51.1 cm³/mol. The van der Waals surface area contributed by atoms with Gasteiger partial charge in [0.25, 0.3) is 0 Å². The zero-order valence-electron chi connectivity index (χ0n) is 7.43. The quantitative estimate of drug-likeness (QED) is 0.618. The molecule has 0 nitrogen and oxygen atoms in total. The maximum atomic E-state index is 3.64. The Morgan fingerprint density at radius 1 is 1.42 bits per heavy atom. The fourth-order valence-corrected chi connectivity index (χ4v) is 1.64. The van der Waals surface area contributed by atoms with Crippen molar-refractivity contribution in [2.24, 2.45) is 0 Å². The first-order valence-corrected chi connectivity index (χ1v) is 4.45. The molecule has 12 heavy (non-hydrogen) atoms. The summed E-state index contributed by atoms with van der Waals surface area (Å²) in [7, 11) is 0. The third-order valence-corrected chi connectivity index (χ3v) is 2.49. The predicted octanol–water partition coefficient (Wildman–Crippen LogP) is 3.21. The monoisotopic (exact) mass is 157 g/mol. The van der Waals surface area contributed by atoms with Crippen LogP contribution in [0.4, 0.5) is 0 Å². The van der Waals surface area contributed by atoms with Crippen LogP contribution >= 0.6 is 0 Å². The number of benzene rings is 1. The van der Waals surface area contributed by atoms with Crippen molar-refractivity contribution >= 4 is 0 Å². The van der Waals surface area contributed by atoms with Gasteiger partial charge in [-0.1, -0.05) is 24.8 Å². The van der Waals surface area contributed by atoms with E-state index in [9.17, 15) is 0 Å². The summed E-state index contributed by atoms with van der Waals surface area (Å²) in [6.45, 7) is 5.81. The lowest BCUT2D eigenvalue weighted by molar-refractivity contribution is 1.10. The Morgan fingerprint density at radius 2 is 2.17 bits per heavy atom. The second-order valence-electron chi connectivity index (χ2n) is 3.52. The summed E-state index contributed by atoms with van der Waals surface area (Å²) in [4.78, 5) is 0. The average molecular weight is 157 g/mol. The summed E-state index contributed by atoms with van der Waals surface area (Å²) in [6.07, 6.45) is 5.65. The van der Waals surface area contributed by atoms with Gasteiger partial charge in [-0.15, -0.1) is 0 Å². The third kappa shape index (κ3) is 1.29. The highest BCUT2D eigenvalue weighted by Crippen LogP contribution is 2.41. The van der Waals surface area contributed by atoms with E-state index in [1.807, 2.05) is 0 Å². The van der Waals surface area contributed by atoms with Crippen LogP contribution in [-0.2, 0) is 0 Å². The molecule has 1 aliphatic rings. The van der Waals surface area contributed by atoms with Crippen LogP contribution in [0.25, 0.3) is 0 Å². The lowest BCUT2D eigenvalue weighted by atomic mass is 10.0. The van der Waals surface area contributed by atoms with Crippen LogP contribution < -0.4 is 0 Å². The molecule has 1 aliphatic carbocycles. The summed E-state index contributed by atoms with van der Waals surface area (Å²) in [5.41, 5.74) is 4.03. The van der Waals surface area contributed by atoms with E-state index >= 15 is 0 Å². The van der Waals surface area contributed by atoms with E-state index in [0.717, 1.165) is 11.5 Å². The third-order valence-electron chi connectivity index (χ3n) is 2.49. The Bertz CT molecular complexity index is 306. The molecule has 0 amide bonds. The molecule has 0 saturated heterocycles. The highest BCUT2D eigenvalue weighted by atomic mass is 14.3. The fourth-order valence-electron chi connectivity index (χ4n) is 1.64. The highest BCUT2D eigenvalue weighted by Gasteiger charge is 2.24. The van der Waals surface area contributed by atoms with E-state index < -0.39 is 0 Å². The lowest BCUT2D eigenvalue weighted by Crippen LogP contribution is -1.86. The Kier molecular flexibility index (Phi) is 1.76. The van der Waals surface area contributed by atoms with Gasteiger partial charge < -0.3 is 0 Å². The Hall–Kier alpha value is -1.04. The highest BCUT2D eigenvalue weighted by molar-refractivity contribution is 5.37. The summed E-state index contributed by atoms with van der Waals surface area (Å²) in [5, 5.41) is 0. The normalized spacial score (nSPS) is 16.1. The van der Waals surface area contributed by atoms with Crippen LogP contribution in [0.5, 0.6) is 0 Å². The van der Waals surface area contributed by atoms with Gasteiger partial charge in [-0.3, -0.25) is 0 Å². The van der Waals surface area contributed by atoms with Crippen molar-refractivity contribution in [2.45, 2.75) is 25.7 Å². The van der Waals surface area contributed by atoms with Crippen molar-refractivity contribution in [1.82, 2.24) is 0 Å². The van der Waals surface area contributed by atoms with Gasteiger partial charge in [0.05, 0.1) is 0 Å². The maximum Gasteiger partial charge on any atom is -0.0159 e. The van der Waals surface area contributed by atoms with E-state index in [1.54, 1.807) is 0 Å². The lowest BCUT2D eigenvalue weighted by Gasteiger charge is -2.03. The van der Waals surface area contributed by atoms with Gasteiger partial charge in [-0.2, -0.15) is 0 Å². The molecule has 61 valence electrons. The van der Waals surface area contributed by atoms with Crippen molar-refractivity contribution in [3.63, 3.8) is 0 Å². The Labute approximate surface area is 73.9 Å². The molecule has 0 atom stereocenters. The molecule has 1 fully saturated rings. The maximum absolute atomic E-state index is 3.64. The van der Waals surface area contributed by atoms with E-state index in [1.165, 1.54) is 24.0 Å². The molecule has 0 heterocycles. The minimum Gasteiger partial charge on any atom is -0.0906 e. The molecule has 1 aromatic carbocycles. The number of hydrogen-bond acceptors (Lipinski definition) is 0. The van der Waals surface area contributed by atoms with E-state index in [0.29, 0.717) is 0 Å². The van der Waals surface area contributed by atoms with Gasteiger partial charge in [0.15, 0.2) is 0 Å². The first-order valence-electron chi connectivity index (χ1n) is 4.45. The summed E-state index contributed by atoms with van der Waals surface area (Å²) in [5.74, 6) is 0.851. The van der Waals surface area contributed by atoms with Crippen molar-refractivity contribution in [3.8, 4) is 0 Å². The van der Waals surface area contributed by atoms with Gasteiger partial charge in [-0.25, -0.2) is 0 Å². The summed E-state index contributed by atoms with van der Waals surface area (Å²) >= 11 is 0. The van der Waals surface area contributed by atoms with E-state index in [4.69, 9.17) is 0 Å². The number of aryl methyl sites for hydroxylation is 1. The van der Waals surface area contributed by atoms with Crippen LogP contribution in [0.2, 0.25) is 0 Å². The topological polar surface area (TPSA) is 0 Å². The minimum atomic E-state index is 0.851. The molecule has 1 radical (unpaired) electrons. The summed E-state index contributed by atoms with van der Waals surface area (Å²) in [6, 6.07) is 6.49. The Balaban J connectivity index is 2.38. The van der Waals surface area contributed by atoms with Crippen LogP contribution in [0.3, 0.4) is 0 Å². The largest absolute Gasteiger partial charge is 0.0906 e. The van der Waals surface area contributed by atoms with Crippen LogP contribution in [0.1, 0.15) is 35.4 Å². The van der Waals surface area contributed by atoms with Gasteiger partial charge in [0.1, 0.15) is 0 Å². The van der Waals surface area contributed by atoms with E-state index in [2.05, 4.69) is 37.8 Å². The Morgan fingerprint density at radius 3 is 2.67 bits per heavy atom. The molecule has 1 aromatic rings. The molecule has 0 heteroatoms. The average Bonchev–Trinajstić information content (AvgIpc) is 2.87. The molecule has 0 spiro atoms. The first-order chi connectivity index (χ1) is 5.81. The van der Waals surface area contributed by atoms with Crippen molar-refractivity contribution < 1.29 is 0 Å². The number of hydrogen-bond donors (Lipinski definition) is 0. The minimum absolute atomic E-state index is 0.851. The SMILES string of the molecule is C=[C]c1ccc(C2CC2)c(C)c1. The van der Waals surface area contributed by atoms with Crippen molar-refractivity contribution in [2.75, 3.05) is 0 Å². The van der Waals surface area contributed by atoms with E-state index in [-0.39, 0.29) is 0 Å². The van der Waals surface area contributed by atoms with Crippen molar-refractivity contribution in [3.05, 3.63) is 47.5 Å². The fraction of sp³-hybridized carbons (Fsp3) is 0.333. The van der Waals surface area contributed by atoms with Gasteiger partial charge in [-0.05, 0) is 48.4 Å². The summed E-state index contributed by atoms with van der Waals surface area (Å²) < 4.78 is 0. The van der Waals surface area contributed by atoms with Gasteiger partial charge in [0, 0.05) is 0 Å². The smallest absolute Gasteiger partial charge is 0.0159 e. The molecule has 0 unspecified atom stereocenters. The zero-order valence-corrected chi connectivity index (χ0v) is 7.43. The molecule has 2 rings (SSSR count). The van der Waals surface area contributed by atoms with Crippen LogP contribution in [0.15, 0.2) is 24.8 Å². The zero-order chi connectivity index (χ0) is 8.55. The second-order valence-corrected chi connectivity index (χ2v) is 3.52. The standard InChI is InChI=1S/C12H13/c1-3-10-4-7-12(9(2)8-10)11-5-6-11/h4,7-8,11H,1,5-6H2,2H3.